The molecule has 2 heterocycles. The number of fused-ring (bicyclic) bond motifs is 1. The molecule has 3 aromatic rings. The fraction of sp³-hybridized carbons (Fsp3) is 0.263. The molecule has 0 saturated heterocycles. The second-order valence-corrected chi connectivity index (χ2v) is 5.66. The first-order chi connectivity index (χ1) is 12.1. The van der Waals surface area contributed by atoms with Gasteiger partial charge >= 0.3 is 0 Å². The number of aromatic nitrogens is 2. The summed E-state index contributed by atoms with van der Waals surface area (Å²) in [5, 5.41) is 9.64. The van der Waals surface area contributed by atoms with E-state index in [1.54, 1.807) is 20.2 Å². The minimum Gasteiger partial charge on any atom is -0.491 e. The van der Waals surface area contributed by atoms with Gasteiger partial charge in [0.1, 0.15) is 12.4 Å². The van der Waals surface area contributed by atoms with E-state index >= 15 is 0 Å². The highest BCUT2D eigenvalue weighted by atomic mass is 16.5. The predicted octanol–water partition coefficient (Wildman–Crippen LogP) is 2.92. The molecule has 0 unspecified atom stereocenters. The fourth-order valence-corrected chi connectivity index (χ4v) is 3.03. The van der Waals surface area contributed by atoms with Gasteiger partial charge in [-0.3, -0.25) is 4.79 Å². The maximum absolute atomic E-state index is 12.1. The summed E-state index contributed by atoms with van der Waals surface area (Å²) in [5.74, 6) is 1.17. The maximum Gasteiger partial charge on any atom is 0.215 e. The molecule has 0 aliphatic carbocycles. The first-order valence-corrected chi connectivity index (χ1v) is 7.97. The third kappa shape index (κ3) is 3.08. The Hall–Kier alpha value is -2.86. The normalized spacial score (nSPS) is 10.9. The molecule has 1 aromatic carbocycles. The summed E-state index contributed by atoms with van der Waals surface area (Å²) in [7, 11) is 1.56. The molecule has 3 rings (SSSR count). The zero-order chi connectivity index (χ0) is 18.0. The maximum atomic E-state index is 12.1. The number of carbonyl (C=O) groups is 1. The van der Waals surface area contributed by atoms with E-state index in [9.17, 15) is 4.79 Å². The van der Waals surface area contributed by atoms with Gasteiger partial charge in [-0.15, -0.1) is 0 Å². The van der Waals surface area contributed by atoms with Crippen molar-refractivity contribution in [3.63, 3.8) is 0 Å². The van der Waals surface area contributed by atoms with Gasteiger partial charge in [0.2, 0.25) is 5.88 Å². The summed E-state index contributed by atoms with van der Waals surface area (Å²) in [6.45, 7) is 3.70. The van der Waals surface area contributed by atoms with Crippen molar-refractivity contribution in [2.24, 2.45) is 0 Å². The molecule has 0 fully saturated rings. The van der Waals surface area contributed by atoms with Crippen LogP contribution in [0.3, 0.4) is 0 Å². The van der Waals surface area contributed by atoms with Crippen LogP contribution < -0.4 is 9.47 Å². The van der Waals surface area contributed by atoms with Gasteiger partial charge in [-0.05, 0) is 38.1 Å². The number of benzene rings is 1. The number of ketones is 1. The van der Waals surface area contributed by atoms with Gasteiger partial charge in [0.05, 0.1) is 19.2 Å². The molecular formula is C19H20N2O4. The molecule has 0 spiro atoms. The van der Waals surface area contributed by atoms with E-state index in [1.807, 2.05) is 41.8 Å². The van der Waals surface area contributed by atoms with E-state index in [4.69, 9.17) is 14.6 Å². The van der Waals surface area contributed by atoms with E-state index < -0.39 is 0 Å². The zero-order valence-corrected chi connectivity index (χ0v) is 14.4. The zero-order valence-electron chi connectivity index (χ0n) is 14.4. The molecule has 2 aromatic heterocycles. The van der Waals surface area contributed by atoms with E-state index in [1.165, 1.54) is 0 Å². The summed E-state index contributed by atoms with van der Waals surface area (Å²) in [6, 6.07) is 9.32. The number of pyridine rings is 1. The number of carbonyl (C=O) groups excluding carboxylic acids is 1. The van der Waals surface area contributed by atoms with Crippen molar-refractivity contribution in [3.05, 3.63) is 47.8 Å². The van der Waals surface area contributed by atoms with Crippen LogP contribution in [0.2, 0.25) is 0 Å². The van der Waals surface area contributed by atoms with Gasteiger partial charge in [0.25, 0.3) is 0 Å². The van der Waals surface area contributed by atoms with Crippen molar-refractivity contribution >= 4 is 16.7 Å². The minimum absolute atomic E-state index is 0.00360. The Labute approximate surface area is 145 Å². The lowest BCUT2D eigenvalue weighted by molar-refractivity contribution is 0.101. The van der Waals surface area contributed by atoms with Crippen LogP contribution in [0.25, 0.3) is 16.6 Å². The molecule has 25 heavy (non-hydrogen) atoms. The van der Waals surface area contributed by atoms with Crippen molar-refractivity contribution in [2.45, 2.75) is 13.8 Å². The van der Waals surface area contributed by atoms with Crippen LogP contribution in [-0.2, 0) is 0 Å². The Morgan fingerprint density at radius 2 is 2.00 bits per heavy atom. The molecule has 0 aliphatic rings. The van der Waals surface area contributed by atoms with Crippen LogP contribution >= 0.6 is 0 Å². The largest absolute Gasteiger partial charge is 0.491 e. The smallest absolute Gasteiger partial charge is 0.215 e. The number of Topliss-reactive ketones (excluding diaryl/α,β-unsaturated/α-hetero) is 1. The number of nitrogens with zero attached hydrogens (tertiary/aromatic N) is 2. The van der Waals surface area contributed by atoms with E-state index in [0.29, 0.717) is 17.2 Å². The lowest BCUT2D eigenvalue weighted by Gasteiger charge is -2.11. The van der Waals surface area contributed by atoms with Crippen LogP contribution in [0.5, 0.6) is 11.6 Å². The second kappa shape index (κ2) is 6.94. The monoisotopic (exact) mass is 340 g/mol. The van der Waals surface area contributed by atoms with Gasteiger partial charge < -0.3 is 19.1 Å². The van der Waals surface area contributed by atoms with Crippen LogP contribution in [0, 0.1) is 6.92 Å². The highest BCUT2D eigenvalue weighted by Gasteiger charge is 2.19. The molecule has 6 heteroatoms. The predicted molar refractivity (Wildman–Crippen MR) is 94.9 cm³/mol. The Kier molecular flexibility index (Phi) is 4.72. The van der Waals surface area contributed by atoms with Crippen molar-refractivity contribution in [1.82, 2.24) is 9.55 Å². The summed E-state index contributed by atoms with van der Waals surface area (Å²) in [6.07, 6.45) is 1.67. The number of ether oxygens (including phenoxy) is 2. The highest BCUT2D eigenvalue weighted by Crippen LogP contribution is 2.31. The lowest BCUT2D eigenvalue weighted by atomic mass is 10.1. The standard InChI is InChI=1S/C19H20N2O4/c1-12-19(13(2)23)16-11-20-18(24-3)10-17(16)21(12)14-4-6-15(7-5-14)25-9-8-22/h4-7,10-11,22H,8-9H2,1-3H3. The van der Waals surface area contributed by atoms with Crippen molar-refractivity contribution in [2.75, 3.05) is 20.3 Å². The number of hydrogen-bond donors (Lipinski definition) is 1. The lowest BCUT2D eigenvalue weighted by Crippen LogP contribution is -2.02. The van der Waals surface area contributed by atoms with E-state index in [-0.39, 0.29) is 19.0 Å². The van der Waals surface area contributed by atoms with Gasteiger partial charge in [-0.25, -0.2) is 4.98 Å². The average molecular weight is 340 g/mol. The molecule has 1 N–H and O–H groups in total. The molecule has 0 amide bonds. The number of rotatable bonds is 6. The van der Waals surface area contributed by atoms with Crippen LogP contribution in [0.15, 0.2) is 36.5 Å². The van der Waals surface area contributed by atoms with Gasteiger partial charge in [0.15, 0.2) is 5.78 Å². The van der Waals surface area contributed by atoms with Crippen LogP contribution in [-0.4, -0.2) is 40.8 Å². The first-order valence-electron chi connectivity index (χ1n) is 7.97. The third-order valence-electron chi connectivity index (χ3n) is 4.08. The van der Waals surface area contributed by atoms with E-state index in [2.05, 4.69) is 4.98 Å². The van der Waals surface area contributed by atoms with Crippen LogP contribution in [0.4, 0.5) is 0 Å². The molecule has 0 aliphatic heterocycles. The fourth-order valence-electron chi connectivity index (χ4n) is 3.03. The molecule has 0 radical (unpaired) electrons. The van der Waals surface area contributed by atoms with Crippen molar-refractivity contribution in [1.29, 1.82) is 0 Å². The minimum atomic E-state index is -0.0299. The molecule has 0 saturated carbocycles. The summed E-state index contributed by atoms with van der Waals surface area (Å²) in [4.78, 5) is 16.4. The number of hydrogen-bond acceptors (Lipinski definition) is 5. The molecule has 6 nitrogen and oxygen atoms in total. The number of methoxy groups -OCH3 is 1. The Morgan fingerprint density at radius 1 is 1.28 bits per heavy atom. The second-order valence-electron chi connectivity index (χ2n) is 5.66. The van der Waals surface area contributed by atoms with Gasteiger partial charge in [-0.2, -0.15) is 0 Å². The quantitative estimate of drug-likeness (QED) is 0.699. The first kappa shape index (κ1) is 17.0. The molecule has 0 bridgehead atoms. The topological polar surface area (TPSA) is 73.6 Å². The van der Waals surface area contributed by atoms with Gasteiger partial charge in [-0.1, -0.05) is 0 Å². The molecule has 0 atom stereocenters. The number of aliphatic hydroxyl groups is 1. The van der Waals surface area contributed by atoms with Crippen molar-refractivity contribution in [3.8, 4) is 17.3 Å². The SMILES string of the molecule is COc1cc2c(cn1)c(C(C)=O)c(C)n2-c1ccc(OCCO)cc1. The molecular weight excluding hydrogens is 320 g/mol. The van der Waals surface area contributed by atoms with Gasteiger partial charge in [0, 0.05) is 34.6 Å². The van der Waals surface area contributed by atoms with Crippen molar-refractivity contribution < 1.29 is 19.4 Å². The summed E-state index contributed by atoms with van der Waals surface area (Å²) in [5.41, 5.74) is 3.27. The van der Waals surface area contributed by atoms with E-state index in [0.717, 1.165) is 22.3 Å². The Bertz CT molecular complexity index is 913. The summed E-state index contributed by atoms with van der Waals surface area (Å²) >= 11 is 0. The Morgan fingerprint density at radius 3 is 2.60 bits per heavy atom. The average Bonchev–Trinajstić information content (AvgIpc) is 2.91. The molecule has 130 valence electrons. The number of aliphatic hydroxyl groups excluding tert-OH is 1. The summed E-state index contributed by atoms with van der Waals surface area (Å²) < 4.78 is 12.6. The highest BCUT2D eigenvalue weighted by molar-refractivity contribution is 6.08. The van der Waals surface area contributed by atoms with Crippen LogP contribution in [0.1, 0.15) is 23.0 Å². The third-order valence-corrected chi connectivity index (χ3v) is 4.08. The Balaban J connectivity index is 2.17.